The smallest absolute Gasteiger partial charge is 0.283 e. The molecule has 0 atom stereocenters. The van der Waals surface area contributed by atoms with E-state index in [0.717, 1.165) is 0 Å². The molecule has 0 saturated heterocycles. The summed E-state index contributed by atoms with van der Waals surface area (Å²) in [5.74, 6) is 0. The van der Waals surface area contributed by atoms with Crippen molar-refractivity contribution in [3.63, 3.8) is 0 Å². The molecular weight excluding hydrogens is 250 g/mol. The Balaban J connectivity index is 3.39. The van der Waals surface area contributed by atoms with Crippen molar-refractivity contribution in [2.24, 2.45) is 5.73 Å². The maximum atomic E-state index is 10.5. The van der Waals surface area contributed by atoms with E-state index in [1.54, 1.807) is 0 Å². The molecule has 0 aliphatic heterocycles. The minimum Gasteiger partial charge on any atom is -0.326 e. The third-order valence-electron chi connectivity index (χ3n) is 1.71. The predicted octanol–water partition coefficient (Wildman–Crippen LogP) is 1.69. The Hall–Kier alpha value is -1.45. The Morgan fingerprint density at radius 1 is 1.64 bits per heavy atom. The van der Waals surface area contributed by atoms with Crippen LogP contribution in [0, 0.1) is 21.4 Å². The zero-order valence-corrected chi connectivity index (χ0v) is 8.61. The van der Waals surface area contributed by atoms with Gasteiger partial charge in [-0.25, -0.2) is 0 Å². The molecule has 1 rings (SSSR count). The van der Waals surface area contributed by atoms with E-state index in [4.69, 9.17) is 11.0 Å². The number of nitrogens with two attached hydrogens (primary N) is 1. The lowest BCUT2D eigenvalue weighted by molar-refractivity contribution is -0.385. The van der Waals surface area contributed by atoms with Crippen LogP contribution in [-0.4, -0.2) is 4.92 Å². The van der Waals surface area contributed by atoms with Gasteiger partial charge in [-0.1, -0.05) is 0 Å². The molecule has 5 nitrogen and oxygen atoms in total. The van der Waals surface area contributed by atoms with Crippen LogP contribution in [0.1, 0.15) is 11.1 Å². The zero-order chi connectivity index (χ0) is 10.7. The lowest BCUT2D eigenvalue weighted by Crippen LogP contribution is -2.01. The van der Waals surface area contributed by atoms with E-state index in [2.05, 4.69) is 15.9 Å². The standard InChI is InChI=1S/C8H6BrN3O2/c9-7-1-5(3-10)6(4-11)2-8(7)12(13)14/h1-2H,4,11H2. The van der Waals surface area contributed by atoms with Crippen LogP contribution < -0.4 is 5.73 Å². The number of halogens is 1. The van der Waals surface area contributed by atoms with Crippen LogP contribution in [0.15, 0.2) is 16.6 Å². The van der Waals surface area contributed by atoms with Crippen LogP contribution in [-0.2, 0) is 6.54 Å². The predicted molar refractivity (Wildman–Crippen MR) is 53.4 cm³/mol. The zero-order valence-electron chi connectivity index (χ0n) is 7.03. The monoisotopic (exact) mass is 255 g/mol. The van der Waals surface area contributed by atoms with Crippen molar-refractivity contribution in [2.45, 2.75) is 6.54 Å². The van der Waals surface area contributed by atoms with E-state index >= 15 is 0 Å². The second kappa shape index (κ2) is 4.17. The molecule has 0 amide bonds. The first-order valence-corrected chi connectivity index (χ1v) is 4.46. The maximum absolute atomic E-state index is 10.5. The normalized spacial score (nSPS) is 9.50. The largest absolute Gasteiger partial charge is 0.326 e. The molecule has 6 heteroatoms. The number of nitriles is 1. The van der Waals surface area contributed by atoms with E-state index in [0.29, 0.717) is 11.1 Å². The van der Waals surface area contributed by atoms with Crippen LogP contribution in [0.2, 0.25) is 0 Å². The molecule has 2 N–H and O–H groups in total. The topological polar surface area (TPSA) is 92.9 Å². The lowest BCUT2D eigenvalue weighted by atomic mass is 10.1. The van der Waals surface area contributed by atoms with Gasteiger partial charge >= 0.3 is 0 Å². The second-order valence-electron chi connectivity index (χ2n) is 2.53. The fourth-order valence-electron chi connectivity index (χ4n) is 1.02. The molecule has 72 valence electrons. The van der Waals surface area contributed by atoms with Gasteiger partial charge < -0.3 is 5.73 Å². The summed E-state index contributed by atoms with van der Waals surface area (Å²) in [6.07, 6.45) is 0. The average Bonchev–Trinajstić information content (AvgIpc) is 2.16. The van der Waals surface area contributed by atoms with Crippen LogP contribution in [0.25, 0.3) is 0 Å². The SMILES string of the molecule is N#Cc1cc(Br)c([N+](=O)[O-])cc1CN. The number of nitrogens with zero attached hydrogens (tertiary/aromatic N) is 2. The number of rotatable bonds is 2. The third kappa shape index (κ3) is 1.89. The Bertz CT molecular complexity index is 425. The van der Waals surface area contributed by atoms with Crippen molar-refractivity contribution >= 4 is 21.6 Å². The molecule has 0 aliphatic carbocycles. The molecule has 1 aromatic rings. The fraction of sp³-hybridized carbons (Fsp3) is 0.125. The highest BCUT2D eigenvalue weighted by atomic mass is 79.9. The van der Waals surface area contributed by atoms with Crippen molar-refractivity contribution in [2.75, 3.05) is 0 Å². The highest BCUT2D eigenvalue weighted by Gasteiger charge is 2.15. The Kier molecular flexibility index (Phi) is 3.17. The van der Waals surface area contributed by atoms with Crippen LogP contribution in [0.3, 0.4) is 0 Å². The van der Waals surface area contributed by atoms with Crippen LogP contribution in [0.5, 0.6) is 0 Å². The second-order valence-corrected chi connectivity index (χ2v) is 3.39. The highest BCUT2D eigenvalue weighted by Crippen LogP contribution is 2.27. The maximum Gasteiger partial charge on any atom is 0.283 e. The van der Waals surface area contributed by atoms with Crippen molar-refractivity contribution in [1.29, 1.82) is 5.26 Å². The van der Waals surface area contributed by atoms with E-state index in [-0.39, 0.29) is 16.7 Å². The minimum atomic E-state index is -0.523. The van der Waals surface area contributed by atoms with Gasteiger partial charge in [-0.15, -0.1) is 0 Å². The number of hydrogen-bond acceptors (Lipinski definition) is 4. The molecule has 0 aromatic heterocycles. The quantitative estimate of drug-likeness (QED) is 0.643. The van der Waals surface area contributed by atoms with E-state index in [9.17, 15) is 10.1 Å². The average molecular weight is 256 g/mol. The summed E-state index contributed by atoms with van der Waals surface area (Å²) < 4.78 is 0.288. The van der Waals surface area contributed by atoms with E-state index in [1.807, 2.05) is 6.07 Å². The van der Waals surface area contributed by atoms with Crippen molar-refractivity contribution in [3.05, 3.63) is 37.8 Å². The molecular formula is C8H6BrN3O2. The van der Waals surface area contributed by atoms with Gasteiger partial charge in [-0.3, -0.25) is 10.1 Å². The summed E-state index contributed by atoms with van der Waals surface area (Å²) in [6, 6.07) is 4.63. The first-order valence-electron chi connectivity index (χ1n) is 3.67. The summed E-state index contributed by atoms with van der Waals surface area (Å²) >= 11 is 3.02. The third-order valence-corrected chi connectivity index (χ3v) is 2.34. The number of nitro groups is 1. The van der Waals surface area contributed by atoms with Gasteiger partial charge in [0.15, 0.2) is 0 Å². The van der Waals surface area contributed by atoms with Gasteiger partial charge in [0.25, 0.3) is 5.69 Å². The van der Waals surface area contributed by atoms with E-state index in [1.165, 1.54) is 12.1 Å². The van der Waals surface area contributed by atoms with Gasteiger partial charge in [0.2, 0.25) is 0 Å². The Labute approximate surface area is 88.4 Å². The summed E-state index contributed by atoms with van der Waals surface area (Å²) in [5.41, 5.74) is 6.10. The molecule has 0 spiro atoms. The van der Waals surface area contributed by atoms with Crippen molar-refractivity contribution in [1.82, 2.24) is 0 Å². The molecule has 0 aliphatic rings. The summed E-state index contributed by atoms with van der Waals surface area (Å²) in [5, 5.41) is 19.2. The molecule has 0 radical (unpaired) electrons. The number of benzene rings is 1. The molecule has 0 saturated carbocycles. The first kappa shape index (κ1) is 10.6. The number of nitro benzene ring substituents is 1. The van der Waals surface area contributed by atoms with Gasteiger partial charge in [0.05, 0.1) is 21.0 Å². The van der Waals surface area contributed by atoms with Crippen molar-refractivity contribution < 1.29 is 4.92 Å². The van der Waals surface area contributed by atoms with E-state index < -0.39 is 4.92 Å². The highest BCUT2D eigenvalue weighted by molar-refractivity contribution is 9.10. The van der Waals surface area contributed by atoms with Gasteiger partial charge in [0, 0.05) is 12.6 Å². The molecule has 0 bridgehead atoms. The van der Waals surface area contributed by atoms with Crippen LogP contribution in [0.4, 0.5) is 5.69 Å². The number of hydrogen-bond donors (Lipinski definition) is 1. The molecule has 0 heterocycles. The summed E-state index contributed by atoms with van der Waals surface area (Å²) in [7, 11) is 0. The minimum absolute atomic E-state index is 0.0792. The van der Waals surface area contributed by atoms with Crippen LogP contribution >= 0.6 is 15.9 Å². The Morgan fingerprint density at radius 3 is 2.71 bits per heavy atom. The molecule has 0 fully saturated rings. The Morgan fingerprint density at radius 2 is 2.29 bits per heavy atom. The van der Waals surface area contributed by atoms with Gasteiger partial charge in [-0.05, 0) is 27.6 Å². The first-order chi connectivity index (χ1) is 6.60. The molecule has 1 aromatic carbocycles. The molecule has 0 unspecified atom stereocenters. The fourth-order valence-corrected chi connectivity index (χ4v) is 1.51. The van der Waals surface area contributed by atoms with Gasteiger partial charge in [0.1, 0.15) is 0 Å². The molecule has 14 heavy (non-hydrogen) atoms. The lowest BCUT2D eigenvalue weighted by Gasteiger charge is -2.01. The van der Waals surface area contributed by atoms with Gasteiger partial charge in [-0.2, -0.15) is 5.26 Å². The summed E-state index contributed by atoms with van der Waals surface area (Å²) in [6.45, 7) is 0.108. The van der Waals surface area contributed by atoms with Crippen molar-refractivity contribution in [3.8, 4) is 6.07 Å². The summed E-state index contributed by atoms with van der Waals surface area (Å²) in [4.78, 5) is 10.0.